The lowest BCUT2D eigenvalue weighted by Crippen LogP contribution is -2.44. The summed E-state index contributed by atoms with van der Waals surface area (Å²) in [5, 5.41) is 13.8. The lowest BCUT2D eigenvalue weighted by atomic mass is 9.91. The zero-order valence-corrected chi connectivity index (χ0v) is 13.8. The Kier molecular flexibility index (Phi) is 5.22. The molecule has 1 fully saturated rings. The highest BCUT2D eigenvalue weighted by atomic mass is 16.3. The molecule has 2 rings (SSSR count). The molecule has 2 N–H and O–H groups in total. The number of nitrogens with one attached hydrogen (secondary N) is 1. The van der Waals surface area contributed by atoms with E-state index in [1.165, 1.54) is 12.0 Å². The monoisotopic (exact) mass is 291 g/mol. The molecule has 0 bridgehead atoms. The first kappa shape index (κ1) is 16.2. The standard InChI is InChI=1S/C17H29N3O/c1-17(2,3)19-12-13-8-7-11-18-16(13)20(4)14-9-5-6-10-15(14)21/h7-8,11,14-15,19,21H,5-6,9-10,12H2,1-4H3. The molecule has 0 amide bonds. The molecular formula is C17H29N3O. The van der Waals surface area contributed by atoms with Crippen LogP contribution < -0.4 is 10.2 Å². The van der Waals surface area contributed by atoms with Crippen LogP contribution in [0.4, 0.5) is 5.82 Å². The van der Waals surface area contributed by atoms with Gasteiger partial charge in [-0.3, -0.25) is 0 Å². The summed E-state index contributed by atoms with van der Waals surface area (Å²) in [5.41, 5.74) is 1.27. The highest BCUT2D eigenvalue weighted by Gasteiger charge is 2.28. The second-order valence-corrected chi connectivity index (χ2v) is 7.12. The predicted molar refractivity (Wildman–Crippen MR) is 87.5 cm³/mol. The molecule has 1 aliphatic carbocycles. The van der Waals surface area contributed by atoms with E-state index in [9.17, 15) is 5.11 Å². The van der Waals surface area contributed by atoms with Gasteiger partial charge in [0.15, 0.2) is 0 Å². The molecule has 1 aliphatic rings. The fourth-order valence-electron chi connectivity index (χ4n) is 2.95. The van der Waals surface area contributed by atoms with E-state index in [4.69, 9.17) is 0 Å². The van der Waals surface area contributed by atoms with Crippen LogP contribution in [0.25, 0.3) is 0 Å². The average Bonchev–Trinajstić information content (AvgIpc) is 2.44. The topological polar surface area (TPSA) is 48.4 Å². The van der Waals surface area contributed by atoms with Gasteiger partial charge in [-0.05, 0) is 39.7 Å². The summed E-state index contributed by atoms with van der Waals surface area (Å²) in [6.45, 7) is 7.28. The van der Waals surface area contributed by atoms with E-state index in [0.29, 0.717) is 0 Å². The highest BCUT2D eigenvalue weighted by Crippen LogP contribution is 2.27. The van der Waals surface area contributed by atoms with Gasteiger partial charge in [0.25, 0.3) is 0 Å². The van der Waals surface area contributed by atoms with E-state index in [1.807, 2.05) is 12.3 Å². The number of pyridine rings is 1. The van der Waals surface area contributed by atoms with Crippen molar-refractivity contribution in [2.45, 2.75) is 70.7 Å². The van der Waals surface area contributed by atoms with Gasteiger partial charge in [0, 0.05) is 30.9 Å². The van der Waals surface area contributed by atoms with Gasteiger partial charge < -0.3 is 15.3 Å². The molecule has 0 saturated heterocycles. The minimum Gasteiger partial charge on any atom is -0.391 e. The maximum absolute atomic E-state index is 10.3. The number of aromatic nitrogens is 1. The Hall–Kier alpha value is -1.13. The lowest BCUT2D eigenvalue weighted by molar-refractivity contribution is 0.106. The summed E-state index contributed by atoms with van der Waals surface area (Å²) in [6.07, 6.45) is 5.86. The molecule has 0 spiro atoms. The predicted octanol–water partition coefficient (Wildman–Crippen LogP) is 2.71. The molecule has 0 aliphatic heterocycles. The summed E-state index contributed by atoms with van der Waals surface area (Å²) in [6, 6.07) is 4.28. The molecule has 1 heterocycles. The van der Waals surface area contributed by atoms with Crippen molar-refractivity contribution in [3.8, 4) is 0 Å². The second-order valence-electron chi connectivity index (χ2n) is 7.12. The quantitative estimate of drug-likeness (QED) is 0.895. The van der Waals surface area contributed by atoms with Crippen molar-refractivity contribution >= 4 is 5.82 Å². The molecule has 2 unspecified atom stereocenters. The van der Waals surface area contributed by atoms with Crippen molar-refractivity contribution in [1.82, 2.24) is 10.3 Å². The Morgan fingerprint density at radius 3 is 2.71 bits per heavy atom. The van der Waals surface area contributed by atoms with Gasteiger partial charge in [-0.25, -0.2) is 4.98 Å². The first-order valence-electron chi connectivity index (χ1n) is 7.98. The van der Waals surface area contributed by atoms with Crippen LogP contribution in [-0.4, -0.2) is 34.8 Å². The smallest absolute Gasteiger partial charge is 0.133 e. The van der Waals surface area contributed by atoms with Crippen LogP contribution >= 0.6 is 0 Å². The number of anilines is 1. The van der Waals surface area contributed by atoms with Crippen LogP contribution in [0.5, 0.6) is 0 Å². The minimum absolute atomic E-state index is 0.0794. The molecule has 4 nitrogen and oxygen atoms in total. The second kappa shape index (κ2) is 6.75. The Morgan fingerprint density at radius 2 is 2.05 bits per heavy atom. The Balaban J connectivity index is 2.14. The highest BCUT2D eigenvalue weighted by molar-refractivity contribution is 5.47. The van der Waals surface area contributed by atoms with E-state index < -0.39 is 0 Å². The summed E-state index contributed by atoms with van der Waals surface area (Å²) in [4.78, 5) is 6.73. The fourth-order valence-corrected chi connectivity index (χ4v) is 2.95. The van der Waals surface area contributed by atoms with Gasteiger partial charge in [-0.15, -0.1) is 0 Å². The number of aliphatic hydroxyl groups excluding tert-OH is 1. The van der Waals surface area contributed by atoms with Crippen molar-refractivity contribution < 1.29 is 5.11 Å². The summed E-state index contributed by atoms with van der Waals surface area (Å²) in [5.74, 6) is 0.986. The third-order valence-corrected chi connectivity index (χ3v) is 4.20. The van der Waals surface area contributed by atoms with Gasteiger partial charge in [-0.2, -0.15) is 0 Å². The van der Waals surface area contributed by atoms with Crippen LogP contribution in [0, 0.1) is 0 Å². The van der Waals surface area contributed by atoms with E-state index in [1.54, 1.807) is 0 Å². The minimum atomic E-state index is -0.241. The molecule has 2 atom stereocenters. The number of hydrogen-bond donors (Lipinski definition) is 2. The third-order valence-electron chi connectivity index (χ3n) is 4.20. The lowest BCUT2D eigenvalue weighted by Gasteiger charge is -2.37. The first-order valence-corrected chi connectivity index (χ1v) is 7.98. The van der Waals surface area contributed by atoms with Crippen LogP contribution in [0.2, 0.25) is 0 Å². The van der Waals surface area contributed by atoms with Gasteiger partial charge in [0.2, 0.25) is 0 Å². The molecule has 4 heteroatoms. The third kappa shape index (κ3) is 4.42. The van der Waals surface area contributed by atoms with E-state index in [2.05, 4.69) is 49.1 Å². The Morgan fingerprint density at radius 1 is 1.33 bits per heavy atom. The zero-order valence-electron chi connectivity index (χ0n) is 13.8. The maximum atomic E-state index is 10.3. The molecule has 118 valence electrons. The van der Waals surface area contributed by atoms with Gasteiger partial charge >= 0.3 is 0 Å². The van der Waals surface area contributed by atoms with Crippen molar-refractivity contribution in [3.05, 3.63) is 23.9 Å². The molecule has 1 aromatic heterocycles. The summed E-state index contributed by atoms with van der Waals surface area (Å²) in [7, 11) is 2.06. The van der Waals surface area contributed by atoms with Crippen molar-refractivity contribution in [2.75, 3.05) is 11.9 Å². The maximum Gasteiger partial charge on any atom is 0.133 e. The average molecular weight is 291 g/mol. The van der Waals surface area contributed by atoms with Crippen molar-refractivity contribution in [3.63, 3.8) is 0 Å². The molecule has 0 radical (unpaired) electrons. The van der Waals surface area contributed by atoms with Crippen LogP contribution in [0.1, 0.15) is 52.0 Å². The molecule has 0 aromatic carbocycles. The number of likely N-dealkylation sites (N-methyl/N-ethyl adjacent to an activating group) is 1. The number of hydrogen-bond acceptors (Lipinski definition) is 4. The zero-order chi connectivity index (χ0) is 15.5. The van der Waals surface area contributed by atoms with Crippen LogP contribution in [-0.2, 0) is 6.54 Å². The number of nitrogens with zero attached hydrogens (tertiary/aromatic N) is 2. The normalized spacial score (nSPS) is 23.1. The Labute approximate surface area is 128 Å². The summed E-state index contributed by atoms with van der Waals surface area (Å²) < 4.78 is 0. The fraction of sp³-hybridized carbons (Fsp3) is 0.706. The van der Waals surface area contributed by atoms with Crippen molar-refractivity contribution in [2.24, 2.45) is 0 Å². The van der Waals surface area contributed by atoms with Crippen LogP contribution in [0.3, 0.4) is 0 Å². The van der Waals surface area contributed by atoms with E-state index >= 15 is 0 Å². The summed E-state index contributed by atoms with van der Waals surface area (Å²) >= 11 is 0. The van der Waals surface area contributed by atoms with Gasteiger partial charge in [0.1, 0.15) is 5.82 Å². The first-order chi connectivity index (χ1) is 9.88. The number of aliphatic hydroxyl groups is 1. The molecule has 1 saturated carbocycles. The Bertz CT molecular complexity index is 456. The van der Waals surface area contributed by atoms with E-state index in [-0.39, 0.29) is 17.7 Å². The van der Waals surface area contributed by atoms with Gasteiger partial charge in [0.05, 0.1) is 12.1 Å². The largest absolute Gasteiger partial charge is 0.391 e. The van der Waals surface area contributed by atoms with Crippen LogP contribution in [0.15, 0.2) is 18.3 Å². The SMILES string of the molecule is CN(c1ncccc1CNC(C)(C)C)C1CCCCC1O. The number of rotatable bonds is 4. The van der Waals surface area contributed by atoms with E-state index in [0.717, 1.165) is 31.6 Å². The molecular weight excluding hydrogens is 262 g/mol. The van der Waals surface area contributed by atoms with Gasteiger partial charge in [-0.1, -0.05) is 18.9 Å². The molecule has 1 aromatic rings. The molecule has 21 heavy (non-hydrogen) atoms. The van der Waals surface area contributed by atoms with Crippen molar-refractivity contribution in [1.29, 1.82) is 0 Å².